The van der Waals surface area contributed by atoms with Crippen molar-refractivity contribution in [2.45, 2.75) is 26.0 Å². The molecule has 0 aromatic heterocycles. The van der Waals surface area contributed by atoms with E-state index in [1.165, 1.54) is 4.31 Å². The summed E-state index contributed by atoms with van der Waals surface area (Å²) in [5, 5.41) is 2.84. The van der Waals surface area contributed by atoms with E-state index < -0.39 is 15.6 Å². The van der Waals surface area contributed by atoms with Crippen LogP contribution in [0.5, 0.6) is 0 Å². The number of nitrogens with one attached hydrogen (secondary N) is 1. The molecule has 0 bridgehead atoms. The van der Waals surface area contributed by atoms with E-state index in [4.69, 9.17) is 4.74 Å². The number of carbonyl (C=O) groups excluding carboxylic acids is 1. The average Bonchev–Trinajstić information content (AvgIpc) is 2.45. The van der Waals surface area contributed by atoms with Crippen LogP contribution in [0.4, 0.5) is 0 Å². The van der Waals surface area contributed by atoms with Gasteiger partial charge in [-0.3, -0.25) is 4.79 Å². The SMILES string of the molecule is Cc1ccccc1CNC(=O)[C@]1(C)CN(S(C)(=O)=O)CCO1. The molecule has 1 amide bonds. The average molecular weight is 326 g/mol. The van der Waals surface area contributed by atoms with Gasteiger partial charge in [0.05, 0.1) is 19.4 Å². The van der Waals surface area contributed by atoms with Gasteiger partial charge in [-0.2, -0.15) is 4.31 Å². The number of aryl methyl sites for hydroxylation is 1. The second-order valence-electron chi connectivity index (χ2n) is 5.79. The predicted molar refractivity (Wildman–Crippen MR) is 83.8 cm³/mol. The van der Waals surface area contributed by atoms with Gasteiger partial charge in [0.25, 0.3) is 5.91 Å². The van der Waals surface area contributed by atoms with Crippen molar-refractivity contribution in [3.63, 3.8) is 0 Å². The van der Waals surface area contributed by atoms with Crippen LogP contribution in [0.15, 0.2) is 24.3 Å². The zero-order valence-electron chi connectivity index (χ0n) is 13.1. The van der Waals surface area contributed by atoms with Crippen LogP contribution in [0.2, 0.25) is 0 Å². The van der Waals surface area contributed by atoms with Crippen molar-refractivity contribution in [1.29, 1.82) is 0 Å². The maximum absolute atomic E-state index is 12.4. The molecule has 1 aliphatic rings. The highest BCUT2D eigenvalue weighted by atomic mass is 32.2. The van der Waals surface area contributed by atoms with Crippen LogP contribution in [-0.4, -0.2) is 50.2 Å². The number of benzene rings is 1. The van der Waals surface area contributed by atoms with Gasteiger partial charge in [0, 0.05) is 13.1 Å². The zero-order valence-corrected chi connectivity index (χ0v) is 13.9. The molecule has 1 atom stereocenters. The first-order chi connectivity index (χ1) is 10.2. The Morgan fingerprint density at radius 3 is 2.73 bits per heavy atom. The normalized spacial score (nSPS) is 23.2. The highest BCUT2D eigenvalue weighted by Crippen LogP contribution is 2.20. The largest absolute Gasteiger partial charge is 0.363 e. The lowest BCUT2D eigenvalue weighted by atomic mass is 10.0. The van der Waals surface area contributed by atoms with Gasteiger partial charge in [0.1, 0.15) is 0 Å². The molecule has 22 heavy (non-hydrogen) atoms. The molecule has 0 unspecified atom stereocenters. The molecule has 0 aliphatic carbocycles. The lowest BCUT2D eigenvalue weighted by Crippen LogP contribution is -2.59. The van der Waals surface area contributed by atoms with Gasteiger partial charge in [-0.05, 0) is 25.0 Å². The Bertz CT molecular complexity index is 659. The van der Waals surface area contributed by atoms with Crippen molar-refractivity contribution < 1.29 is 17.9 Å². The van der Waals surface area contributed by atoms with Crippen molar-refractivity contribution >= 4 is 15.9 Å². The summed E-state index contributed by atoms with van der Waals surface area (Å²) < 4.78 is 30.2. The molecule has 7 heteroatoms. The number of hydrogen-bond acceptors (Lipinski definition) is 4. The van der Waals surface area contributed by atoms with E-state index >= 15 is 0 Å². The number of carbonyl (C=O) groups is 1. The molecule has 6 nitrogen and oxygen atoms in total. The lowest BCUT2D eigenvalue weighted by molar-refractivity contribution is -0.152. The van der Waals surface area contributed by atoms with Crippen LogP contribution in [-0.2, 0) is 26.1 Å². The van der Waals surface area contributed by atoms with Gasteiger partial charge in [-0.25, -0.2) is 8.42 Å². The third kappa shape index (κ3) is 3.85. The highest BCUT2D eigenvalue weighted by molar-refractivity contribution is 7.88. The zero-order chi connectivity index (χ0) is 16.4. The van der Waals surface area contributed by atoms with Crippen molar-refractivity contribution in [3.8, 4) is 0 Å². The summed E-state index contributed by atoms with van der Waals surface area (Å²) in [5.41, 5.74) is 0.954. The number of amides is 1. The Morgan fingerprint density at radius 2 is 2.09 bits per heavy atom. The summed E-state index contributed by atoms with van der Waals surface area (Å²) in [6, 6.07) is 7.78. The fourth-order valence-electron chi connectivity index (χ4n) is 2.43. The predicted octanol–water partition coefficient (Wildman–Crippen LogP) is 0.662. The molecule has 1 fully saturated rings. The van der Waals surface area contributed by atoms with Crippen molar-refractivity contribution in [2.24, 2.45) is 0 Å². The minimum absolute atomic E-state index is 0.0332. The Balaban J connectivity index is 2.03. The van der Waals surface area contributed by atoms with Crippen LogP contribution in [0.1, 0.15) is 18.1 Å². The van der Waals surface area contributed by atoms with Gasteiger partial charge in [0.2, 0.25) is 10.0 Å². The summed E-state index contributed by atoms with van der Waals surface area (Å²) >= 11 is 0. The Labute approximate surface area is 131 Å². The Hall–Kier alpha value is -1.44. The molecule has 0 saturated carbocycles. The van der Waals surface area contributed by atoms with Crippen molar-refractivity contribution in [1.82, 2.24) is 9.62 Å². The minimum Gasteiger partial charge on any atom is -0.363 e. The third-order valence-electron chi connectivity index (χ3n) is 3.89. The summed E-state index contributed by atoms with van der Waals surface area (Å²) in [4.78, 5) is 12.4. The monoisotopic (exact) mass is 326 g/mol. The first-order valence-electron chi connectivity index (χ1n) is 7.14. The molecule has 1 saturated heterocycles. The van der Waals surface area contributed by atoms with Gasteiger partial charge in [-0.15, -0.1) is 0 Å². The molecular formula is C15H22N2O4S. The summed E-state index contributed by atoms with van der Waals surface area (Å²) in [7, 11) is -3.33. The van der Waals surface area contributed by atoms with Gasteiger partial charge >= 0.3 is 0 Å². The first kappa shape index (κ1) is 16.9. The molecular weight excluding hydrogens is 304 g/mol. The number of sulfonamides is 1. The van der Waals surface area contributed by atoms with Crippen LogP contribution < -0.4 is 5.32 Å². The smallest absolute Gasteiger partial charge is 0.253 e. The van der Waals surface area contributed by atoms with Gasteiger partial charge in [0.15, 0.2) is 5.60 Å². The number of ether oxygens (including phenoxy) is 1. The number of hydrogen-bond donors (Lipinski definition) is 1. The van der Waals surface area contributed by atoms with Crippen molar-refractivity contribution in [2.75, 3.05) is 26.0 Å². The van der Waals surface area contributed by atoms with E-state index in [2.05, 4.69) is 5.32 Å². The topological polar surface area (TPSA) is 75.7 Å². The fourth-order valence-corrected chi connectivity index (χ4v) is 3.31. The van der Waals surface area contributed by atoms with E-state index in [9.17, 15) is 13.2 Å². The summed E-state index contributed by atoms with van der Waals surface area (Å²) in [6.45, 7) is 4.51. The minimum atomic E-state index is -3.33. The number of nitrogens with zero attached hydrogens (tertiary/aromatic N) is 1. The quantitative estimate of drug-likeness (QED) is 0.882. The summed E-state index contributed by atoms with van der Waals surface area (Å²) in [5.74, 6) is -0.302. The Kier molecular flexibility index (Phi) is 4.89. The van der Waals surface area contributed by atoms with Crippen molar-refractivity contribution in [3.05, 3.63) is 35.4 Å². The van der Waals surface area contributed by atoms with E-state index in [1.54, 1.807) is 6.92 Å². The lowest BCUT2D eigenvalue weighted by Gasteiger charge is -2.38. The van der Waals surface area contributed by atoms with Crippen LogP contribution in [0.3, 0.4) is 0 Å². The first-order valence-corrected chi connectivity index (χ1v) is 8.99. The fraction of sp³-hybridized carbons (Fsp3) is 0.533. The maximum atomic E-state index is 12.4. The molecule has 1 aromatic rings. The third-order valence-corrected chi connectivity index (χ3v) is 5.14. The molecule has 1 aliphatic heterocycles. The van der Waals surface area contributed by atoms with E-state index in [1.807, 2.05) is 31.2 Å². The molecule has 1 aromatic carbocycles. The molecule has 1 heterocycles. The maximum Gasteiger partial charge on any atom is 0.253 e. The van der Waals surface area contributed by atoms with E-state index in [-0.39, 0.29) is 25.6 Å². The van der Waals surface area contributed by atoms with Crippen LogP contribution in [0, 0.1) is 6.92 Å². The van der Waals surface area contributed by atoms with Crippen LogP contribution >= 0.6 is 0 Å². The molecule has 2 rings (SSSR count). The van der Waals surface area contributed by atoms with E-state index in [0.29, 0.717) is 6.54 Å². The number of rotatable bonds is 4. The molecule has 0 radical (unpaired) electrons. The molecule has 1 N–H and O–H groups in total. The summed E-state index contributed by atoms with van der Waals surface area (Å²) in [6.07, 6.45) is 1.14. The second kappa shape index (κ2) is 6.36. The standard InChI is InChI=1S/C15H22N2O4S/c1-12-6-4-5-7-13(12)10-16-14(18)15(2)11-17(8-9-21-15)22(3,19)20/h4-7H,8-11H2,1-3H3,(H,16,18)/t15-/m0/s1. The van der Waals surface area contributed by atoms with Gasteiger partial charge < -0.3 is 10.1 Å². The molecule has 0 spiro atoms. The van der Waals surface area contributed by atoms with Crippen LogP contribution in [0.25, 0.3) is 0 Å². The van der Waals surface area contributed by atoms with E-state index in [0.717, 1.165) is 17.4 Å². The Morgan fingerprint density at radius 1 is 1.41 bits per heavy atom. The number of morpholine rings is 1. The molecule has 122 valence electrons. The van der Waals surface area contributed by atoms with Gasteiger partial charge in [-0.1, -0.05) is 24.3 Å². The second-order valence-corrected chi connectivity index (χ2v) is 7.77. The highest BCUT2D eigenvalue weighted by Gasteiger charge is 2.41.